The number of hydrogen-bond donors (Lipinski definition) is 2. The predicted molar refractivity (Wildman–Crippen MR) is 74.6 cm³/mol. The number of amides is 1. The zero-order chi connectivity index (χ0) is 14.8. The summed E-state index contributed by atoms with van der Waals surface area (Å²) in [4.78, 5) is 26.5. The maximum Gasteiger partial charge on any atom is 0.304 e. The smallest absolute Gasteiger partial charge is 0.304 e. The first-order valence-corrected chi connectivity index (χ1v) is 7.04. The summed E-state index contributed by atoms with van der Waals surface area (Å²) >= 11 is 0. The van der Waals surface area contributed by atoms with Gasteiger partial charge in [-0.2, -0.15) is 0 Å². The summed E-state index contributed by atoms with van der Waals surface area (Å²) in [6, 6.07) is 0. The average molecular weight is 287 g/mol. The molecule has 7 heteroatoms. The normalized spacial score (nSPS) is 17.6. The molecule has 1 amide bonds. The Kier molecular flexibility index (Phi) is 8.17. The standard InChI is InChI=1S/C13H25N3O4/c1-20-10-4-14-12(17)11-16-6-2-5-15(8-9-16)7-3-13(18)19/h2-11H2,1H3,(H,14,17)(H,18,19). The first-order chi connectivity index (χ1) is 9.61. The number of carbonyl (C=O) groups is 2. The molecule has 0 atom stereocenters. The van der Waals surface area contributed by atoms with Gasteiger partial charge >= 0.3 is 5.97 Å². The quantitative estimate of drug-likeness (QED) is 0.571. The highest BCUT2D eigenvalue weighted by atomic mass is 16.5. The molecule has 1 rings (SSSR count). The van der Waals surface area contributed by atoms with Crippen LogP contribution in [0.5, 0.6) is 0 Å². The van der Waals surface area contributed by atoms with Gasteiger partial charge in [-0.05, 0) is 19.5 Å². The Balaban J connectivity index is 2.22. The Morgan fingerprint density at radius 3 is 2.60 bits per heavy atom. The van der Waals surface area contributed by atoms with E-state index in [9.17, 15) is 9.59 Å². The number of carboxylic acids is 1. The minimum atomic E-state index is -0.761. The second kappa shape index (κ2) is 9.68. The lowest BCUT2D eigenvalue weighted by Crippen LogP contribution is -2.40. The lowest BCUT2D eigenvalue weighted by Gasteiger charge is -2.20. The molecule has 0 aromatic rings. The van der Waals surface area contributed by atoms with Crippen LogP contribution in [0.1, 0.15) is 12.8 Å². The van der Waals surface area contributed by atoms with E-state index in [0.29, 0.717) is 26.2 Å². The number of nitrogens with one attached hydrogen (secondary N) is 1. The zero-order valence-electron chi connectivity index (χ0n) is 12.1. The first kappa shape index (κ1) is 16.9. The fourth-order valence-corrected chi connectivity index (χ4v) is 2.21. The summed E-state index contributed by atoms with van der Waals surface area (Å²) in [7, 11) is 1.60. The van der Waals surface area contributed by atoms with Crippen LogP contribution in [0.15, 0.2) is 0 Å². The Hall–Kier alpha value is -1.18. The van der Waals surface area contributed by atoms with E-state index in [1.807, 2.05) is 0 Å². The van der Waals surface area contributed by atoms with Crippen molar-refractivity contribution in [2.24, 2.45) is 0 Å². The fraction of sp³-hybridized carbons (Fsp3) is 0.846. The SMILES string of the molecule is COCCNC(=O)CN1CCCN(CCC(=O)O)CC1. The third kappa shape index (κ3) is 7.42. The van der Waals surface area contributed by atoms with Crippen molar-refractivity contribution >= 4 is 11.9 Å². The van der Waals surface area contributed by atoms with Gasteiger partial charge in [-0.25, -0.2) is 0 Å². The van der Waals surface area contributed by atoms with Crippen LogP contribution in [0.25, 0.3) is 0 Å². The van der Waals surface area contributed by atoms with E-state index in [2.05, 4.69) is 15.1 Å². The van der Waals surface area contributed by atoms with Crippen molar-refractivity contribution in [3.63, 3.8) is 0 Å². The Morgan fingerprint density at radius 1 is 1.20 bits per heavy atom. The van der Waals surface area contributed by atoms with Crippen LogP contribution in [0, 0.1) is 0 Å². The van der Waals surface area contributed by atoms with E-state index in [1.54, 1.807) is 7.11 Å². The second-order valence-electron chi connectivity index (χ2n) is 4.96. The van der Waals surface area contributed by atoms with Crippen LogP contribution in [0.2, 0.25) is 0 Å². The van der Waals surface area contributed by atoms with Crippen molar-refractivity contribution in [1.82, 2.24) is 15.1 Å². The van der Waals surface area contributed by atoms with Gasteiger partial charge in [-0.15, -0.1) is 0 Å². The highest BCUT2D eigenvalue weighted by Crippen LogP contribution is 2.03. The van der Waals surface area contributed by atoms with Gasteiger partial charge in [0.15, 0.2) is 0 Å². The number of nitrogens with zero attached hydrogens (tertiary/aromatic N) is 2. The van der Waals surface area contributed by atoms with Gasteiger partial charge in [0.1, 0.15) is 0 Å². The van der Waals surface area contributed by atoms with Crippen LogP contribution in [0.4, 0.5) is 0 Å². The first-order valence-electron chi connectivity index (χ1n) is 7.04. The van der Waals surface area contributed by atoms with Gasteiger partial charge in [0.2, 0.25) is 5.91 Å². The van der Waals surface area contributed by atoms with E-state index in [-0.39, 0.29) is 12.3 Å². The molecule has 0 aromatic carbocycles. The van der Waals surface area contributed by atoms with Crippen molar-refractivity contribution in [2.45, 2.75) is 12.8 Å². The molecule has 0 aliphatic carbocycles. The van der Waals surface area contributed by atoms with Gasteiger partial charge in [-0.1, -0.05) is 0 Å². The van der Waals surface area contributed by atoms with Crippen molar-refractivity contribution in [3.05, 3.63) is 0 Å². The number of ether oxygens (including phenoxy) is 1. The third-order valence-electron chi connectivity index (χ3n) is 3.32. The Labute approximate surface area is 119 Å². The molecular formula is C13H25N3O4. The van der Waals surface area contributed by atoms with E-state index in [1.165, 1.54) is 0 Å². The van der Waals surface area contributed by atoms with E-state index in [0.717, 1.165) is 32.6 Å². The molecule has 2 N–H and O–H groups in total. The van der Waals surface area contributed by atoms with Crippen molar-refractivity contribution in [3.8, 4) is 0 Å². The summed E-state index contributed by atoms with van der Waals surface area (Å²) in [6.07, 6.45) is 1.14. The molecule has 1 aliphatic heterocycles. The molecule has 0 bridgehead atoms. The minimum absolute atomic E-state index is 0.0148. The summed E-state index contributed by atoms with van der Waals surface area (Å²) < 4.78 is 4.88. The molecule has 0 aromatic heterocycles. The van der Waals surface area contributed by atoms with E-state index < -0.39 is 5.97 Å². The fourth-order valence-electron chi connectivity index (χ4n) is 2.21. The monoisotopic (exact) mass is 287 g/mol. The van der Waals surface area contributed by atoms with Crippen LogP contribution in [-0.4, -0.2) is 86.3 Å². The largest absolute Gasteiger partial charge is 0.481 e. The van der Waals surface area contributed by atoms with Crippen LogP contribution in [-0.2, 0) is 14.3 Å². The lowest BCUT2D eigenvalue weighted by molar-refractivity contribution is -0.137. The van der Waals surface area contributed by atoms with E-state index >= 15 is 0 Å². The van der Waals surface area contributed by atoms with Crippen molar-refractivity contribution in [1.29, 1.82) is 0 Å². The predicted octanol–water partition coefficient (Wildman–Crippen LogP) is -0.769. The lowest BCUT2D eigenvalue weighted by atomic mass is 10.3. The molecule has 1 fully saturated rings. The maximum absolute atomic E-state index is 11.7. The summed E-state index contributed by atoms with van der Waals surface area (Å²) in [5, 5.41) is 11.5. The molecule has 0 unspecified atom stereocenters. The number of methoxy groups -OCH3 is 1. The molecule has 0 saturated carbocycles. The highest BCUT2D eigenvalue weighted by molar-refractivity contribution is 5.77. The van der Waals surface area contributed by atoms with Gasteiger partial charge in [-0.3, -0.25) is 14.5 Å². The third-order valence-corrected chi connectivity index (χ3v) is 3.32. The average Bonchev–Trinajstić information content (AvgIpc) is 2.62. The number of carbonyl (C=O) groups excluding carboxylic acids is 1. The van der Waals surface area contributed by atoms with Crippen LogP contribution >= 0.6 is 0 Å². The number of aliphatic carboxylic acids is 1. The maximum atomic E-state index is 11.7. The van der Waals surface area contributed by atoms with Crippen LogP contribution < -0.4 is 5.32 Å². The molecule has 0 radical (unpaired) electrons. The Bertz CT molecular complexity index is 312. The minimum Gasteiger partial charge on any atom is -0.481 e. The molecule has 1 heterocycles. The Morgan fingerprint density at radius 2 is 1.90 bits per heavy atom. The number of carboxylic acid groups (broad SMARTS) is 1. The molecule has 1 aliphatic rings. The van der Waals surface area contributed by atoms with Gasteiger partial charge in [0.25, 0.3) is 0 Å². The number of hydrogen-bond acceptors (Lipinski definition) is 5. The summed E-state index contributed by atoms with van der Waals surface area (Å²) in [5.74, 6) is -0.746. The van der Waals surface area contributed by atoms with Gasteiger partial charge in [0, 0.05) is 33.3 Å². The van der Waals surface area contributed by atoms with Crippen LogP contribution in [0.3, 0.4) is 0 Å². The van der Waals surface area contributed by atoms with E-state index in [4.69, 9.17) is 9.84 Å². The molecule has 20 heavy (non-hydrogen) atoms. The van der Waals surface area contributed by atoms with Crippen molar-refractivity contribution < 1.29 is 19.4 Å². The molecular weight excluding hydrogens is 262 g/mol. The van der Waals surface area contributed by atoms with Gasteiger partial charge in [0.05, 0.1) is 19.6 Å². The highest BCUT2D eigenvalue weighted by Gasteiger charge is 2.17. The molecule has 7 nitrogen and oxygen atoms in total. The molecule has 1 saturated heterocycles. The summed E-state index contributed by atoms with van der Waals surface area (Å²) in [5.41, 5.74) is 0. The topological polar surface area (TPSA) is 82.1 Å². The number of rotatable bonds is 8. The second-order valence-corrected chi connectivity index (χ2v) is 4.96. The summed E-state index contributed by atoms with van der Waals surface area (Å²) in [6.45, 7) is 5.44. The van der Waals surface area contributed by atoms with Gasteiger partial charge < -0.3 is 20.1 Å². The molecule has 0 spiro atoms. The van der Waals surface area contributed by atoms with Crippen molar-refractivity contribution in [2.75, 3.05) is 59.5 Å². The molecule has 116 valence electrons. The zero-order valence-corrected chi connectivity index (χ0v) is 12.1.